The summed E-state index contributed by atoms with van der Waals surface area (Å²) in [4.78, 5) is 19.4. The van der Waals surface area contributed by atoms with Gasteiger partial charge in [-0.25, -0.2) is 0 Å². The van der Waals surface area contributed by atoms with E-state index >= 15 is 0 Å². The number of aryl methyl sites for hydroxylation is 1. The van der Waals surface area contributed by atoms with Gasteiger partial charge in [0, 0.05) is 45.4 Å². The summed E-state index contributed by atoms with van der Waals surface area (Å²) in [6.45, 7) is 4.96. The number of aliphatic hydroxyl groups is 1. The highest BCUT2D eigenvalue weighted by Gasteiger charge is 2.28. The van der Waals surface area contributed by atoms with E-state index in [0.717, 1.165) is 45.6 Å². The average molecular weight is 345 g/mol. The molecule has 0 aromatic heterocycles. The van der Waals surface area contributed by atoms with Crippen molar-refractivity contribution in [2.75, 3.05) is 52.9 Å². The van der Waals surface area contributed by atoms with Gasteiger partial charge in [-0.2, -0.15) is 0 Å². The van der Waals surface area contributed by atoms with Crippen molar-refractivity contribution in [3.8, 4) is 0 Å². The van der Waals surface area contributed by atoms with E-state index < -0.39 is 0 Å². The van der Waals surface area contributed by atoms with Gasteiger partial charge in [-0.1, -0.05) is 24.3 Å². The minimum atomic E-state index is 0.174. The summed E-state index contributed by atoms with van der Waals surface area (Å²) in [6.07, 6.45) is 4.11. The first-order valence-corrected chi connectivity index (χ1v) is 9.58. The highest BCUT2D eigenvalue weighted by Crippen LogP contribution is 2.34. The van der Waals surface area contributed by atoms with Crippen LogP contribution in [0.25, 0.3) is 0 Å². The molecule has 138 valence electrons. The molecule has 1 aromatic rings. The van der Waals surface area contributed by atoms with Gasteiger partial charge in [0.05, 0.1) is 6.54 Å². The van der Waals surface area contributed by atoms with Crippen LogP contribution in [-0.2, 0) is 11.2 Å². The predicted molar refractivity (Wildman–Crippen MR) is 99.5 cm³/mol. The Balaban J connectivity index is 1.71. The Hall–Kier alpha value is -1.43. The van der Waals surface area contributed by atoms with Crippen LogP contribution in [0.5, 0.6) is 0 Å². The third kappa shape index (κ3) is 4.60. The molecule has 1 aliphatic heterocycles. The number of fused-ring (bicyclic) bond motifs is 1. The highest BCUT2D eigenvalue weighted by atomic mass is 16.3. The Morgan fingerprint density at radius 3 is 2.76 bits per heavy atom. The van der Waals surface area contributed by atoms with Crippen molar-refractivity contribution in [1.29, 1.82) is 0 Å². The first-order chi connectivity index (χ1) is 12.2. The third-order valence-electron chi connectivity index (χ3n) is 5.58. The molecule has 5 nitrogen and oxygen atoms in total. The van der Waals surface area contributed by atoms with E-state index in [9.17, 15) is 9.90 Å². The van der Waals surface area contributed by atoms with Crippen LogP contribution >= 0.6 is 0 Å². The van der Waals surface area contributed by atoms with Crippen LogP contribution in [0.2, 0.25) is 0 Å². The van der Waals surface area contributed by atoms with Crippen molar-refractivity contribution in [3.63, 3.8) is 0 Å². The number of piperazine rings is 1. The Kier molecular flexibility index (Phi) is 6.45. The normalized spacial score (nSPS) is 21.4. The molecule has 1 unspecified atom stereocenters. The molecule has 1 fully saturated rings. The monoisotopic (exact) mass is 345 g/mol. The van der Waals surface area contributed by atoms with Crippen molar-refractivity contribution >= 4 is 5.91 Å². The molecule has 1 aliphatic carbocycles. The van der Waals surface area contributed by atoms with Crippen molar-refractivity contribution in [2.45, 2.75) is 31.7 Å². The average Bonchev–Trinajstić information content (AvgIpc) is 2.65. The Morgan fingerprint density at radius 2 is 2.00 bits per heavy atom. The van der Waals surface area contributed by atoms with Crippen LogP contribution in [0.3, 0.4) is 0 Å². The van der Waals surface area contributed by atoms with E-state index in [4.69, 9.17) is 0 Å². The fraction of sp³-hybridized carbons (Fsp3) is 0.650. The zero-order valence-corrected chi connectivity index (χ0v) is 15.4. The van der Waals surface area contributed by atoms with Gasteiger partial charge < -0.3 is 14.9 Å². The Morgan fingerprint density at radius 1 is 1.24 bits per heavy atom. The molecular formula is C20H31N3O2. The van der Waals surface area contributed by atoms with Crippen LogP contribution in [0, 0.1) is 0 Å². The Bertz CT molecular complexity index is 570. The number of carbonyl (C=O) groups excluding carboxylic acids is 1. The number of carbonyl (C=O) groups is 1. The number of nitrogens with zero attached hydrogens (tertiary/aromatic N) is 3. The molecule has 5 heteroatoms. The van der Waals surface area contributed by atoms with Crippen molar-refractivity contribution < 1.29 is 9.90 Å². The maximum absolute atomic E-state index is 12.8. The number of benzene rings is 1. The van der Waals surface area contributed by atoms with Crippen LogP contribution in [0.1, 0.15) is 36.4 Å². The smallest absolute Gasteiger partial charge is 0.236 e. The number of aliphatic hydroxyl groups excluding tert-OH is 1. The number of likely N-dealkylation sites (N-methyl/N-ethyl adjacent to an activating group) is 1. The van der Waals surface area contributed by atoms with E-state index in [2.05, 4.69) is 41.1 Å². The maximum Gasteiger partial charge on any atom is 0.236 e. The van der Waals surface area contributed by atoms with Gasteiger partial charge in [0.15, 0.2) is 0 Å². The number of amides is 1. The van der Waals surface area contributed by atoms with Gasteiger partial charge in [0.25, 0.3) is 0 Å². The van der Waals surface area contributed by atoms with E-state index in [1.54, 1.807) is 0 Å². The molecule has 0 bridgehead atoms. The molecule has 1 amide bonds. The van der Waals surface area contributed by atoms with E-state index in [1.807, 2.05) is 4.90 Å². The Labute approximate surface area is 151 Å². The summed E-state index contributed by atoms with van der Waals surface area (Å²) in [7, 11) is 2.11. The number of hydrogen-bond donors (Lipinski definition) is 1. The molecule has 2 aliphatic rings. The molecule has 1 heterocycles. The second kappa shape index (κ2) is 8.79. The lowest BCUT2D eigenvalue weighted by Crippen LogP contribution is -2.50. The van der Waals surface area contributed by atoms with Gasteiger partial charge >= 0.3 is 0 Å². The fourth-order valence-electron chi connectivity index (χ4n) is 4.06. The zero-order valence-electron chi connectivity index (χ0n) is 15.4. The molecule has 0 saturated carbocycles. The minimum Gasteiger partial charge on any atom is -0.396 e. The van der Waals surface area contributed by atoms with Crippen LogP contribution in [-0.4, -0.2) is 78.6 Å². The lowest BCUT2D eigenvalue weighted by Gasteiger charge is -2.38. The molecule has 1 saturated heterocycles. The lowest BCUT2D eigenvalue weighted by atomic mass is 9.86. The zero-order chi connectivity index (χ0) is 17.6. The first-order valence-electron chi connectivity index (χ1n) is 9.58. The quantitative estimate of drug-likeness (QED) is 0.849. The van der Waals surface area contributed by atoms with E-state index in [1.165, 1.54) is 17.5 Å². The maximum atomic E-state index is 12.8. The van der Waals surface area contributed by atoms with Crippen LogP contribution in [0.4, 0.5) is 0 Å². The van der Waals surface area contributed by atoms with Gasteiger partial charge in [0.2, 0.25) is 5.91 Å². The van der Waals surface area contributed by atoms with Gasteiger partial charge in [0.1, 0.15) is 0 Å². The van der Waals surface area contributed by atoms with Crippen LogP contribution in [0.15, 0.2) is 24.3 Å². The summed E-state index contributed by atoms with van der Waals surface area (Å²) in [5, 5.41) is 9.29. The predicted octanol–water partition coefficient (Wildman–Crippen LogP) is 1.52. The molecule has 1 N–H and O–H groups in total. The summed E-state index contributed by atoms with van der Waals surface area (Å²) < 4.78 is 0. The molecule has 0 radical (unpaired) electrons. The largest absolute Gasteiger partial charge is 0.396 e. The second-order valence-electron chi connectivity index (χ2n) is 7.34. The first kappa shape index (κ1) is 18.4. The van der Waals surface area contributed by atoms with Gasteiger partial charge in [-0.15, -0.1) is 0 Å². The molecular weight excluding hydrogens is 314 g/mol. The van der Waals surface area contributed by atoms with Crippen molar-refractivity contribution in [3.05, 3.63) is 35.4 Å². The topological polar surface area (TPSA) is 47.0 Å². The molecule has 1 aromatic carbocycles. The highest BCUT2D eigenvalue weighted by molar-refractivity contribution is 5.78. The third-order valence-corrected chi connectivity index (χ3v) is 5.58. The standard InChI is InChI=1S/C20H31N3O2/c1-21-11-13-22(14-12-21)20(25)16-23(10-5-15-24)19-9-4-7-17-6-2-3-8-18(17)19/h2-3,6,8,19,24H,4-5,7,9-16H2,1H3. The molecule has 3 rings (SSSR count). The molecule has 25 heavy (non-hydrogen) atoms. The number of rotatable bonds is 6. The molecule has 0 spiro atoms. The van der Waals surface area contributed by atoms with Gasteiger partial charge in [-0.05, 0) is 43.9 Å². The number of hydrogen-bond acceptors (Lipinski definition) is 4. The molecule has 1 atom stereocenters. The van der Waals surface area contributed by atoms with E-state index in [0.29, 0.717) is 19.0 Å². The second-order valence-corrected chi connectivity index (χ2v) is 7.34. The SMILES string of the molecule is CN1CCN(C(=O)CN(CCCO)C2CCCc3ccccc32)CC1. The summed E-state index contributed by atoms with van der Waals surface area (Å²) >= 11 is 0. The summed E-state index contributed by atoms with van der Waals surface area (Å²) in [6, 6.07) is 8.94. The van der Waals surface area contributed by atoms with Crippen LogP contribution < -0.4 is 0 Å². The van der Waals surface area contributed by atoms with Crippen molar-refractivity contribution in [1.82, 2.24) is 14.7 Å². The van der Waals surface area contributed by atoms with Crippen molar-refractivity contribution in [2.24, 2.45) is 0 Å². The minimum absolute atomic E-state index is 0.174. The summed E-state index contributed by atoms with van der Waals surface area (Å²) in [5.41, 5.74) is 2.79. The summed E-state index contributed by atoms with van der Waals surface area (Å²) in [5.74, 6) is 0.231. The van der Waals surface area contributed by atoms with Gasteiger partial charge in [-0.3, -0.25) is 9.69 Å². The van der Waals surface area contributed by atoms with E-state index in [-0.39, 0.29) is 12.5 Å². The fourth-order valence-corrected chi connectivity index (χ4v) is 4.06. The lowest BCUT2D eigenvalue weighted by molar-refractivity contribution is -0.134.